The molecule has 19 heavy (non-hydrogen) atoms. The van der Waals surface area contributed by atoms with Gasteiger partial charge in [-0.3, -0.25) is 0 Å². The fourth-order valence-corrected chi connectivity index (χ4v) is 1.98. The lowest BCUT2D eigenvalue weighted by atomic mass is 10.0. The fourth-order valence-electron chi connectivity index (χ4n) is 1.77. The van der Waals surface area contributed by atoms with E-state index in [-0.39, 0.29) is 5.02 Å². The van der Waals surface area contributed by atoms with Gasteiger partial charge in [0.2, 0.25) is 0 Å². The van der Waals surface area contributed by atoms with Crippen LogP contribution in [-0.2, 0) is 0 Å². The van der Waals surface area contributed by atoms with E-state index in [0.717, 1.165) is 17.7 Å². The number of halogens is 2. The van der Waals surface area contributed by atoms with Crippen LogP contribution in [0.5, 0.6) is 5.75 Å². The summed E-state index contributed by atoms with van der Waals surface area (Å²) < 4.78 is 18.9. The normalized spacial score (nSPS) is 10.5. The Morgan fingerprint density at radius 2 is 1.89 bits per heavy atom. The molecule has 0 radical (unpaired) electrons. The molecule has 100 valence electrons. The standard InChI is InChI=1S/C15H15ClFNO/c1-2-7-19-12-5-3-10(4-6-12)13-8-11(17)9-14(16)15(13)18/h3-6,8-9H,2,7,18H2,1H3. The summed E-state index contributed by atoms with van der Waals surface area (Å²) in [7, 11) is 0. The van der Waals surface area contributed by atoms with Crippen LogP contribution in [0.1, 0.15) is 13.3 Å². The highest BCUT2D eigenvalue weighted by atomic mass is 35.5. The molecule has 0 unspecified atom stereocenters. The lowest BCUT2D eigenvalue weighted by Gasteiger charge is -2.09. The maximum atomic E-state index is 13.4. The lowest BCUT2D eigenvalue weighted by Crippen LogP contribution is -1.95. The first-order chi connectivity index (χ1) is 9.11. The SMILES string of the molecule is CCCOc1ccc(-c2cc(F)cc(Cl)c2N)cc1. The van der Waals surface area contributed by atoms with E-state index in [2.05, 4.69) is 0 Å². The Balaban J connectivity index is 2.32. The summed E-state index contributed by atoms with van der Waals surface area (Å²) in [6.45, 7) is 2.72. The molecule has 2 aromatic rings. The fraction of sp³-hybridized carbons (Fsp3) is 0.200. The van der Waals surface area contributed by atoms with Crippen molar-refractivity contribution in [1.82, 2.24) is 0 Å². The maximum absolute atomic E-state index is 13.4. The number of hydrogen-bond acceptors (Lipinski definition) is 2. The second-order valence-corrected chi connectivity index (χ2v) is 4.63. The van der Waals surface area contributed by atoms with Gasteiger partial charge in [0.15, 0.2) is 0 Å². The zero-order valence-electron chi connectivity index (χ0n) is 10.6. The first kappa shape index (κ1) is 13.7. The zero-order chi connectivity index (χ0) is 13.8. The molecule has 0 bridgehead atoms. The Kier molecular flexibility index (Phi) is 4.27. The molecule has 0 aliphatic carbocycles. The van der Waals surface area contributed by atoms with Crippen molar-refractivity contribution in [2.24, 2.45) is 0 Å². The van der Waals surface area contributed by atoms with Gasteiger partial charge in [-0.25, -0.2) is 4.39 Å². The average molecular weight is 280 g/mol. The summed E-state index contributed by atoms with van der Waals surface area (Å²) in [5, 5.41) is 0.223. The van der Waals surface area contributed by atoms with Crippen LogP contribution in [0.2, 0.25) is 5.02 Å². The van der Waals surface area contributed by atoms with Gasteiger partial charge >= 0.3 is 0 Å². The lowest BCUT2D eigenvalue weighted by molar-refractivity contribution is 0.317. The Bertz CT molecular complexity index is 569. The molecule has 0 heterocycles. The van der Waals surface area contributed by atoms with Gasteiger partial charge in [0.1, 0.15) is 11.6 Å². The molecule has 2 rings (SSSR count). The Labute approximate surface area is 117 Å². The number of nitrogen functional groups attached to an aromatic ring is 1. The van der Waals surface area contributed by atoms with Crippen molar-refractivity contribution in [2.45, 2.75) is 13.3 Å². The van der Waals surface area contributed by atoms with Crippen LogP contribution in [0.15, 0.2) is 36.4 Å². The van der Waals surface area contributed by atoms with Gasteiger partial charge < -0.3 is 10.5 Å². The summed E-state index contributed by atoms with van der Waals surface area (Å²) in [5.74, 6) is 0.382. The largest absolute Gasteiger partial charge is 0.494 e. The first-order valence-electron chi connectivity index (χ1n) is 6.09. The summed E-state index contributed by atoms with van der Waals surface area (Å²) in [5.41, 5.74) is 7.65. The van der Waals surface area contributed by atoms with Gasteiger partial charge in [-0.15, -0.1) is 0 Å². The Morgan fingerprint density at radius 1 is 1.21 bits per heavy atom. The Morgan fingerprint density at radius 3 is 2.53 bits per heavy atom. The molecule has 2 N–H and O–H groups in total. The topological polar surface area (TPSA) is 35.2 Å². The molecule has 0 saturated heterocycles. The summed E-state index contributed by atoms with van der Waals surface area (Å²) in [6.07, 6.45) is 0.953. The highest BCUT2D eigenvalue weighted by molar-refractivity contribution is 6.33. The number of hydrogen-bond donors (Lipinski definition) is 1. The molecule has 0 aliphatic rings. The van der Waals surface area contributed by atoms with Crippen LogP contribution in [0, 0.1) is 5.82 Å². The van der Waals surface area contributed by atoms with Gasteiger partial charge in [0.25, 0.3) is 0 Å². The minimum atomic E-state index is -0.402. The molecular weight excluding hydrogens is 265 g/mol. The predicted molar refractivity (Wildman–Crippen MR) is 77.0 cm³/mol. The van der Waals surface area contributed by atoms with E-state index >= 15 is 0 Å². The van der Waals surface area contributed by atoms with Crippen molar-refractivity contribution in [3.05, 3.63) is 47.2 Å². The highest BCUT2D eigenvalue weighted by Gasteiger charge is 2.09. The van der Waals surface area contributed by atoms with Crippen LogP contribution in [0.4, 0.5) is 10.1 Å². The third-order valence-electron chi connectivity index (χ3n) is 2.73. The van der Waals surface area contributed by atoms with Crippen molar-refractivity contribution in [1.29, 1.82) is 0 Å². The summed E-state index contributed by atoms with van der Waals surface area (Å²) >= 11 is 5.88. The predicted octanol–water partition coefficient (Wildman–Crippen LogP) is 4.52. The van der Waals surface area contributed by atoms with Crippen LogP contribution >= 0.6 is 11.6 Å². The quantitative estimate of drug-likeness (QED) is 0.835. The monoisotopic (exact) mass is 279 g/mol. The number of anilines is 1. The smallest absolute Gasteiger partial charge is 0.125 e. The highest BCUT2D eigenvalue weighted by Crippen LogP contribution is 2.33. The molecule has 0 spiro atoms. The number of rotatable bonds is 4. The minimum Gasteiger partial charge on any atom is -0.494 e. The van der Waals surface area contributed by atoms with Gasteiger partial charge in [-0.1, -0.05) is 30.7 Å². The van der Waals surface area contributed by atoms with Crippen LogP contribution in [0.25, 0.3) is 11.1 Å². The van der Waals surface area contributed by atoms with E-state index in [9.17, 15) is 4.39 Å². The van der Waals surface area contributed by atoms with E-state index in [0.29, 0.717) is 17.9 Å². The molecule has 0 aliphatic heterocycles. The van der Waals surface area contributed by atoms with Gasteiger partial charge in [0.05, 0.1) is 17.3 Å². The zero-order valence-corrected chi connectivity index (χ0v) is 11.4. The number of nitrogens with two attached hydrogens (primary N) is 1. The van der Waals surface area contributed by atoms with Crippen LogP contribution < -0.4 is 10.5 Å². The summed E-state index contributed by atoms with van der Waals surface area (Å²) in [6, 6.07) is 9.94. The van der Waals surface area contributed by atoms with Crippen molar-refractivity contribution in [3.8, 4) is 16.9 Å². The van der Waals surface area contributed by atoms with E-state index in [1.54, 1.807) is 0 Å². The summed E-state index contributed by atoms with van der Waals surface area (Å²) in [4.78, 5) is 0. The van der Waals surface area contributed by atoms with Crippen LogP contribution in [-0.4, -0.2) is 6.61 Å². The third-order valence-corrected chi connectivity index (χ3v) is 3.05. The molecule has 0 amide bonds. The molecule has 2 nitrogen and oxygen atoms in total. The van der Waals surface area contributed by atoms with Crippen molar-refractivity contribution in [2.75, 3.05) is 12.3 Å². The van der Waals surface area contributed by atoms with E-state index in [4.69, 9.17) is 22.1 Å². The van der Waals surface area contributed by atoms with Gasteiger partial charge in [-0.05, 0) is 36.2 Å². The van der Waals surface area contributed by atoms with E-state index < -0.39 is 5.82 Å². The second kappa shape index (κ2) is 5.93. The third kappa shape index (κ3) is 3.18. The minimum absolute atomic E-state index is 0.223. The molecule has 0 aromatic heterocycles. The van der Waals surface area contributed by atoms with Crippen molar-refractivity contribution >= 4 is 17.3 Å². The molecular formula is C15H15ClFNO. The molecule has 2 aromatic carbocycles. The maximum Gasteiger partial charge on any atom is 0.125 e. The molecule has 0 saturated carbocycles. The number of ether oxygens (including phenoxy) is 1. The molecule has 4 heteroatoms. The second-order valence-electron chi connectivity index (χ2n) is 4.22. The Hall–Kier alpha value is -1.74. The average Bonchev–Trinajstić information content (AvgIpc) is 2.41. The van der Waals surface area contributed by atoms with Crippen molar-refractivity contribution in [3.63, 3.8) is 0 Å². The van der Waals surface area contributed by atoms with Gasteiger partial charge in [0, 0.05) is 5.56 Å². The molecule has 0 fully saturated rings. The molecule has 0 atom stereocenters. The van der Waals surface area contributed by atoms with Crippen LogP contribution in [0.3, 0.4) is 0 Å². The first-order valence-corrected chi connectivity index (χ1v) is 6.47. The van der Waals surface area contributed by atoms with Gasteiger partial charge in [-0.2, -0.15) is 0 Å². The van der Waals surface area contributed by atoms with Crippen molar-refractivity contribution < 1.29 is 9.13 Å². The number of benzene rings is 2. The van der Waals surface area contributed by atoms with E-state index in [1.807, 2.05) is 31.2 Å². The van der Waals surface area contributed by atoms with E-state index in [1.165, 1.54) is 12.1 Å².